The van der Waals surface area contributed by atoms with Gasteiger partial charge in [-0.3, -0.25) is 4.18 Å². The molecular weight excluding hydrogens is 255 g/mol. The first-order chi connectivity index (χ1) is 3.92. The van der Waals surface area contributed by atoms with Gasteiger partial charge >= 0.3 is 0 Å². The first-order valence-corrected chi connectivity index (χ1v) is 4.99. The van der Waals surface area contributed by atoms with Crippen LogP contribution >= 0.6 is 22.6 Å². The summed E-state index contributed by atoms with van der Waals surface area (Å²) in [6.45, 7) is 3.52. The van der Waals surface area contributed by atoms with Crippen molar-refractivity contribution in [2.24, 2.45) is 0 Å². The van der Waals surface area contributed by atoms with Crippen LogP contribution in [0.4, 0.5) is 0 Å². The van der Waals surface area contributed by atoms with E-state index in [4.69, 9.17) is 0 Å². The summed E-state index contributed by atoms with van der Waals surface area (Å²) in [4.78, 5) is 0. The molecule has 0 amide bonds. The molecule has 0 atom stereocenters. The van der Waals surface area contributed by atoms with Crippen molar-refractivity contribution in [3.8, 4) is 0 Å². The fourth-order valence-electron chi connectivity index (χ4n) is 0.171. The predicted molar refractivity (Wildman–Crippen MR) is 44.0 cm³/mol. The summed E-state index contributed by atoms with van der Waals surface area (Å²) in [5.41, 5.74) is 0. The smallest absolute Gasteiger partial charge is 0.264 e. The second-order valence-electron chi connectivity index (χ2n) is 1.48. The standard InChI is InChI=1S/C4H7IO3S/c1-4(5)3-8-9(2,6)7/h1,3H2,2H3. The summed E-state index contributed by atoms with van der Waals surface area (Å²) in [6, 6.07) is 0. The first-order valence-electron chi connectivity index (χ1n) is 2.09. The molecule has 0 unspecified atom stereocenters. The molecule has 0 radical (unpaired) electrons. The van der Waals surface area contributed by atoms with Crippen LogP contribution in [0.25, 0.3) is 0 Å². The summed E-state index contributed by atoms with van der Waals surface area (Å²) in [5, 5.41) is 0. The molecule has 0 heterocycles. The van der Waals surface area contributed by atoms with E-state index >= 15 is 0 Å². The van der Waals surface area contributed by atoms with Crippen molar-refractivity contribution in [3.05, 3.63) is 10.2 Å². The van der Waals surface area contributed by atoms with Crippen molar-refractivity contribution in [1.82, 2.24) is 0 Å². The molecule has 54 valence electrons. The van der Waals surface area contributed by atoms with Crippen molar-refractivity contribution < 1.29 is 12.6 Å². The Kier molecular flexibility index (Phi) is 3.67. The minimum atomic E-state index is -3.28. The van der Waals surface area contributed by atoms with Crippen LogP contribution in [0.5, 0.6) is 0 Å². The Morgan fingerprint density at radius 3 is 2.33 bits per heavy atom. The van der Waals surface area contributed by atoms with Gasteiger partial charge in [0.05, 0.1) is 12.9 Å². The van der Waals surface area contributed by atoms with Crippen LogP contribution in [0.1, 0.15) is 0 Å². The topological polar surface area (TPSA) is 43.4 Å². The molecule has 0 saturated heterocycles. The van der Waals surface area contributed by atoms with Crippen molar-refractivity contribution in [1.29, 1.82) is 0 Å². The normalized spacial score (nSPS) is 11.3. The van der Waals surface area contributed by atoms with Crippen LogP contribution in [0.15, 0.2) is 10.2 Å². The first kappa shape index (κ1) is 9.38. The fraction of sp³-hybridized carbons (Fsp3) is 0.500. The third-order valence-electron chi connectivity index (χ3n) is 0.430. The molecule has 0 N–H and O–H groups in total. The molecule has 0 bridgehead atoms. The summed E-state index contributed by atoms with van der Waals surface area (Å²) >= 11 is 1.90. The Hall–Kier alpha value is 0.380. The SMILES string of the molecule is C=C(I)COS(C)(=O)=O. The Labute approximate surface area is 68.4 Å². The van der Waals surface area contributed by atoms with Crippen LogP contribution < -0.4 is 0 Å². The van der Waals surface area contributed by atoms with Crippen LogP contribution in [-0.2, 0) is 14.3 Å². The third-order valence-corrected chi connectivity index (χ3v) is 1.29. The Morgan fingerprint density at radius 2 is 2.22 bits per heavy atom. The van der Waals surface area contributed by atoms with Crippen molar-refractivity contribution in [3.63, 3.8) is 0 Å². The molecule has 0 aliphatic carbocycles. The second-order valence-corrected chi connectivity index (χ2v) is 4.65. The molecule has 0 aromatic heterocycles. The van der Waals surface area contributed by atoms with E-state index in [-0.39, 0.29) is 6.61 Å². The molecule has 0 aliphatic heterocycles. The summed E-state index contributed by atoms with van der Waals surface area (Å²) in [7, 11) is -3.28. The van der Waals surface area contributed by atoms with Gasteiger partial charge in [0, 0.05) is 3.58 Å². The molecule has 9 heavy (non-hydrogen) atoms. The lowest BCUT2D eigenvalue weighted by Gasteiger charge is -1.96. The van der Waals surface area contributed by atoms with E-state index in [9.17, 15) is 8.42 Å². The Morgan fingerprint density at radius 1 is 1.78 bits per heavy atom. The monoisotopic (exact) mass is 262 g/mol. The average molecular weight is 262 g/mol. The lowest BCUT2D eigenvalue weighted by atomic mass is 10.7. The third kappa shape index (κ3) is 8.38. The zero-order chi connectivity index (χ0) is 7.49. The molecule has 0 spiro atoms. The van der Waals surface area contributed by atoms with Gasteiger partial charge in [-0.25, -0.2) is 0 Å². The molecular formula is C4H7IO3S. The van der Waals surface area contributed by atoms with Crippen molar-refractivity contribution in [2.75, 3.05) is 12.9 Å². The minimum Gasteiger partial charge on any atom is -0.265 e. The maximum Gasteiger partial charge on any atom is 0.264 e. The Balaban J connectivity index is 3.67. The predicted octanol–water partition coefficient (Wildman–Crippen LogP) is 0.911. The van der Waals surface area contributed by atoms with E-state index in [0.29, 0.717) is 3.58 Å². The highest BCUT2D eigenvalue weighted by atomic mass is 127. The minimum absolute atomic E-state index is 0.0688. The largest absolute Gasteiger partial charge is 0.265 e. The Bertz CT molecular complexity index is 194. The van der Waals surface area contributed by atoms with Gasteiger partial charge < -0.3 is 0 Å². The molecule has 5 heteroatoms. The number of hydrogen-bond donors (Lipinski definition) is 0. The van der Waals surface area contributed by atoms with E-state index < -0.39 is 10.1 Å². The van der Waals surface area contributed by atoms with Crippen LogP contribution in [0.3, 0.4) is 0 Å². The number of hydrogen-bond acceptors (Lipinski definition) is 3. The van der Waals surface area contributed by atoms with Gasteiger partial charge in [0.2, 0.25) is 0 Å². The lowest BCUT2D eigenvalue weighted by Crippen LogP contribution is -2.03. The fourth-order valence-corrected chi connectivity index (χ4v) is 0.894. The van der Waals surface area contributed by atoms with Crippen LogP contribution in [0.2, 0.25) is 0 Å². The van der Waals surface area contributed by atoms with E-state index in [1.807, 2.05) is 22.6 Å². The van der Waals surface area contributed by atoms with Gasteiger partial charge in [-0.2, -0.15) is 8.42 Å². The molecule has 0 rings (SSSR count). The maximum absolute atomic E-state index is 10.3. The number of rotatable bonds is 3. The van der Waals surface area contributed by atoms with Crippen LogP contribution in [0, 0.1) is 0 Å². The molecule has 0 aliphatic rings. The zero-order valence-electron chi connectivity index (χ0n) is 4.93. The van der Waals surface area contributed by atoms with E-state index in [1.165, 1.54) is 0 Å². The van der Waals surface area contributed by atoms with Crippen molar-refractivity contribution in [2.45, 2.75) is 0 Å². The highest BCUT2D eigenvalue weighted by molar-refractivity contribution is 14.1. The molecule has 3 nitrogen and oxygen atoms in total. The second kappa shape index (κ2) is 3.52. The van der Waals surface area contributed by atoms with E-state index in [1.54, 1.807) is 0 Å². The molecule has 0 saturated carbocycles. The number of halogens is 1. The lowest BCUT2D eigenvalue weighted by molar-refractivity contribution is 0.361. The van der Waals surface area contributed by atoms with Gasteiger partial charge in [0.25, 0.3) is 10.1 Å². The highest BCUT2D eigenvalue weighted by Crippen LogP contribution is 2.02. The summed E-state index contributed by atoms with van der Waals surface area (Å²) < 4.78 is 25.6. The highest BCUT2D eigenvalue weighted by Gasteiger charge is 1.99. The quantitative estimate of drug-likeness (QED) is 0.561. The van der Waals surface area contributed by atoms with E-state index in [0.717, 1.165) is 6.26 Å². The summed E-state index contributed by atoms with van der Waals surface area (Å²) in [6.07, 6.45) is 1.01. The summed E-state index contributed by atoms with van der Waals surface area (Å²) in [5.74, 6) is 0. The zero-order valence-corrected chi connectivity index (χ0v) is 7.90. The van der Waals surface area contributed by atoms with Gasteiger partial charge in [-0.1, -0.05) is 6.58 Å². The van der Waals surface area contributed by atoms with E-state index in [2.05, 4.69) is 10.8 Å². The van der Waals surface area contributed by atoms with Crippen molar-refractivity contribution >= 4 is 32.7 Å². The maximum atomic E-state index is 10.3. The average Bonchev–Trinajstić information content (AvgIpc) is 1.59. The van der Waals surface area contributed by atoms with Crippen LogP contribution in [-0.4, -0.2) is 21.3 Å². The van der Waals surface area contributed by atoms with Gasteiger partial charge in [-0.05, 0) is 22.6 Å². The molecule has 0 fully saturated rings. The molecule has 0 aromatic carbocycles. The molecule has 0 aromatic rings. The van der Waals surface area contributed by atoms with Gasteiger partial charge in [0.15, 0.2) is 0 Å². The van der Waals surface area contributed by atoms with Gasteiger partial charge in [-0.15, -0.1) is 0 Å². The van der Waals surface area contributed by atoms with Gasteiger partial charge in [0.1, 0.15) is 0 Å².